The minimum absolute atomic E-state index is 0.102. The van der Waals surface area contributed by atoms with Crippen molar-refractivity contribution in [2.45, 2.75) is 18.5 Å². The quantitative estimate of drug-likeness (QED) is 0.843. The molecule has 1 amide bonds. The van der Waals surface area contributed by atoms with E-state index in [4.69, 9.17) is 0 Å². The van der Waals surface area contributed by atoms with Gasteiger partial charge in [-0.15, -0.1) is 0 Å². The Morgan fingerprint density at radius 2 is 1.67 bits per heavy atom. The number of hydrogen-bond acceptors (Lipinski definition) is 2. The van der Waals surface area contributed by atoms with Gasteiger partial charge < -0.3 is 4.90 Å². The Bertz CT molecular complexity index is 986. The van der Waals surface area contributed by atoms with Crippen molar-refractivity contribution in [3.8, 4) is 0 Å². The summed E-state index contributed by atoms with van der Waals surface area (Å²) >= 11 is 0. The van der Waals surface area contributed by atoms with Crippen molar-refractivity contribution in [1.82, 2.24) is 4.90 Å². The molecule has 0 heterocycles. The van der Waals surface area contributed by atoms with E-state index < -0.39 is 0 Å². The lowest BCUT2D eigenvalue weighted by atomic mass is 9.35. The van der Waals surface area contributed by atoms with Crippen molar-refractivity contribution in [3.05, 3.63) is 71.8 Å². The second-order valence-electron chi connectivity index (χ2n) is 9.23. The molecule has 4 bridgehead atoms. The largest absolute Gasteiger partial charge is 0.327 e. The van der Waals surface area contributed by atoms with Crippen LogP contribution >= 0.6 is 0 Å². The Morgan fingerprint density at radius 3 is 2.37 bits per heavy atom. The minimum atomic E-state index is -0.174. The van der Waals surface area contributed by atoms with Crippen molar-refractivity contribution < 1.29 is 9.59 Å². The molecule has 0 saturated heterocycles. The van der Waals surface area contributed by atoms with E-state index in [1.807, 2.05) is 48.5 Å². The van der Waals surface area contributed by atoms with E-state index in [1.54, 1.807) is 0 Å². The van der Waals surface area contributed by atoms with Crippen molar-refractivity contribution >= 4 is 11.7 Å². The van der Waals surface area contributed by atoms with Gasteiger partial charge in [-0.1, -0.05) is 48.5 Å². The maximum Gasteiger partial charge on any atom is 0.254 e. The predicted molar refractivity (Wildman–Crippen MR) is 99.5 cm³/mol. The van der Waals surface area contributed by atoms with Gasteiger partial charge in [-0.3, -0.25) is 9.59 Å². The number of rotatable bonds is 4. The van der Waals surface area contributed by atoms with Gasteiger partial charge in [-0.05, 0) is 53.7 Å². The maximum absolute atomic E-state index is 13.7. The van der Waals surface area contributed by atoms with Crippen LogP contribution in [0, 0.1) is 41.4 Å². The summed E-state index contributed by atoms with van der Waals surface area (Å²) in [6.07, 6.45) is 1.24. The molecule has 6 aliphatic carbocycles. The number of Topliss-reactive ketones (excluding diaryl/α,β-unsaturated/α-hetero) is 1. The summed E-state index contributed by atoms with van der Waals surface area (Å²) in [6.45, 7) is 0.613. The average Bonchev–Trinajstić information content (AvgIpc) is 3.23. The predicted octanol–water partition coefficient (Wildman–Crippen LogP) is 3.41. The SMILES string of the molecule is O=C1[C@@H]2[C@@H]3C[C@@H]4[C@@H]5[C@H]3[C@H]1[C@]5(N(Cc1ccccc1)C(=O)c1ccccc1)[C@@H]42. The van der Waals surface area contributed by atoms with Crippen molar-refractivity contribution in [1.29, 1.82) is 0 Å². The van der Waals surface area contributed by atoms with E-state index in [-0.39, 0.29) is 23.3 Å². The number of carbonyl (C=O) groups excluding carboxylic acids is 2. The standard InChI is InChI=1S/C24H21NO2/c26-22-18-15-11-16-19-17(15)21(22)24(19,20(16)18)25(12-13-7-3-1-4-8-13)23(27)14-9-5-2-6-10-14/h1-10,15-21H,11-12H2/t15-,16-,17+,18-,19-,20+,21-,24-/m1/s1. The Kier molecular flexibility index (Phi) is 2.45. The highest BCUT2D eigenvalue weighted by Gasteiger charge is 2.95. The van der Waals surface area contributed by atoms with Gasteiger partial charge in [-0.2, -0.15) is 0 Å². The van der Waals surface area contributed by atoms with Gasteiger partial charge in [0.1, 0.15) is 5.78 Å². The second-order valence-corrected chi connectivity index (χ2v) is 9.23. The zero-order valence-corrected chi connectivity index (χ0v) is 15.0. The highest BCUT2D eigenvalue weighted by molar-refractivity contribution is 6.00. The summed E-state index contributed by atoms with van der Waals surface area (Å²) in [6, 6.07) is 19.9. The van der Waals surface area contributed by atoms with Gasteiger partial charge in [0.15, 0.2) is 0 Å². The van der Waals surface area contributed by atoms with Gasteiger partial charge in [0.25, 0.3) is 5.91 Å². The number of amides is 1. The molecule has 2 aromatic carbocycles. The molecule has 2 aromatic rings. The summed E-state index contributed by atoms with van der Waals surface area (Å²) in [4.78, 5) is 28.8. The van der Waals surface area contributed by atoms with Crippen LogP contribution in [0.1, 0.15) is 22.3 Å². The fourth-order valence-electron chi connectivity index (χ4n) is 8.33. The summed E-state index contributed by atoms with van der Waals surface area (Å²) in [5.41, 5.74) is 1.72. The maximum atomic E-state index is 13.7. The van der Waals surface area contributed by atoms with Crippen LogP contribution in [0.5, 0.6) is 0 Å². The fraction of sp³-hybridized carbons (Fsp3) is 0.417. The first-order valence-electron chi connectivity index (χ1n) is 10.2. The molecule has 8 rings (SSSR count). The van der Waals surface area contributed by atoms with Crippen LogP contribution in [0.15, 0.2) is 60.7 Å². The molecule has 0 aromatic heterocycles. The molecule has 3 heteroatoms. The van der Waals surface area contributed by atoms with Crippen LogP contribution in [-0.2, 0) is 11.3 Å². The van der Waals surface area contributed by atoms with Crippen molar-refractivity contribution in [3.63, 3.8) is 0 Å². The van der Waals surface area contributed by atoms with E-state index in [2.05, 4.69) is 17.0 Å². The first-order chi connectivity index (χ1) is 13.2. The number of nitrogens with zero attached hydrogens (tertiary/aromatic N) is 1. The van der Waals surface area contributed by atoms with Gasteiger partial charge in [-0.25, -0.2) is 0 Å². The highest BCUT2D eigenvalue weighted by atomic mass is 16.2. The Balaban J connectivity index is 1.35. The number of carbonyl (C=O) groups is 2. The average molecular weight is 355 g/mol. The lowest BCUT2D eigenvalue weighted by molar-refractivity contribution is -0.257. The van der Waals surface area contributed by atoms with Crippen LogP contribution in [0.2, 0.25) is 0 Å². The van der Waals surface area contributed by atoms with Crippen LogP contribution in [0.4, 0.5) is 0 Å². The molecule has 3 nitrogen and oxygen atoms in total. The fourth-order valence-corrected chi connectivity index (χ4v) is 8.33. The van der Waals surface area contributed by atoms with E-state index in [0.717, 1.165) is 11.1 Å². The molecule has 8 atom stereocenters. The molecule has 0 unspecified atom stereocenters. The Labute approximate surface area is 158 Å². The zero-order valence-electron chi connectivity index (χ0n) is 15.0. The molecule has 0 spiro atoms. The van der Waals surface area contributed by atoms with Crippen molar-refractivity contribution in [2.24, 2.45) is 41.4 Å². The molecule has 6 saturated carbocycles. The van der Waals surface area contributed by atoms with Gasteiger partial charge in [0, 0.05) is 23.9 Å². The van der Waals surface area contributed by atoms with Crippen LogP contribution in [-0.4, -0.2) is 22.1 Å². The molecule has 27 heavy (non-hydrogen) atoms. The molecule has 6 aliphatic rings. The molecule has 0 radical (unpaired) electrons. The van der Waals surface area contributed by atoms with Gasteiger partial charge in [0.05, 0.1) is 5.54 Å². The molecule has 0 N–H and O–H groups in total. The lowest BCUT2D eigenvalue weighted by Gasteiger charge is -2.74. The smallest absolute Gasteiger partial charge is 0.254 e. The highest BCUT2D eigenvalue weighted by Crippen LogP contribution is 2.90. The topological polar surface area (TPSA) is 37.4 Å². The summed E-state index contributed by atoms with van der Waals surface area (Å²) in [5, 5.41) is 0. The number of benzene rings is 2. The van der Waals surface area contributed by atoms with Gasteiger partial charge in [0.2, 0.25) is 0 Å². The molecule has 6 fully saturated rings. The van der Waals surface area contributed by atoms with Gasteiger partial charge >= 0.3 is 0 Å². The van der Waals surface area contributed by atoms with E-state index in [9.17, 15) is 9.59 Å². The second kappa shape index (κ2) is 4.52. The first-order valence-corrected chi connectivity index (χ1v) is 10.2. The summed E-state index contributed by atoms with van der Waals surface area (Å²) in [7, 11) is 0. The Hall–Kier alpha value is -2.42. The minimum Gasteiger partial charge on any atom is -0.327 e. The van der Waals surface area contributed by atoms with Crippen LogP contribution in [0.3, 0.4) is 0 Å². The lowest BCUT2D eigenvalue weighted by Crippen LogP contribution is -2.82. The third-order valence-corrected chi connectivity index (χ3v) is 8.73. The van der Waals surface area contributed by atoms with Crippen LogP contribution in [0.25, 0.3) is 0 Å². The zero-order chi connectivity index (χ0) is 17.9. The Morgan fingerprint density at radius 1 is 0.963 bits per heavy atom. The van der Waals surface area contributed by atoms with E-state index in [0.29, 0.717) is 41.9 Å². The molecule has 0 aliphatic heterocycles. The third-order valence-electron chi connectivity index (χ3n) is 8.73. The third kappa shape index (κ3) is 1.37. The van der Waals surface area contributed by atoms with E-state index in [1.165, 1.54) is 6.42 Å². The first kappa shape index (κ1) is 14.6. The summed E-state index contributed by atoms with van der Waals surface area (Å²) in [5.74, 6) is 3.93. The normalized spacial score (nSPS) is 43.6. The number of hydrogen-bond donors (Lipinski definition) is 0. The molecule has 134 valence electrons. The molecular weight excluding hydrogens is 334 g/mol. The summed E-state index contributed by atoms with van der Waals surface area (Å²) < 4.78 is 0. The monoisotopic (exact) mass is 355 g/mol. The van der Waals surface area contributed by atoms with Crippen molar-refractivity contribution in [2.75, 3.05) is 0 Å². The van der Waals surface area contributed by atoms with E-state index >= 15 is 0 Å². The molecular formula is C24H21NO2. The number of ketones is 1. The van der Waals surface area contributed by atoms with Crippen LogP contribution < -0.4 is 0 Å².